The molecule has 1 saturated heterocycles. The molecular weight excluding hydrogens is 286 g/mol. The second-order valence-corrected chi connectivity index (χ2v) is 6.13. The highest BCUT2D eigenvalue weighted by Crippen LogP contribution is 2.17. The highest BCUT2D eigenvalue weighted by atomic mass is 16.5. The summed E-state index contributed by atoms with van der Waals surface area (Å²) in [6.07, 6.45) is 0.631. The van der Waals surface area contributed by atoms with Crippen LogP contribution in [0.2, 0.25) is 0 Å². The summed E-state index contributed by atoms with van der Waals surface area (Å²) in [5.74, 6) is 0.332. The van der Waals surface area contributed by atoms with Crippen LogP contribution in [0.4, 0.5) is 0 Å². The van der Waals surface area contributed by atoms with Gasteiger partial charge in [0.1, 0.15) is 5.78 Å². The Hall–Kier alpha value is -1.97. The second-order valence-electron chi connectivity index (χ2n) is 6.13. The van der Waals surface area contributed by atoms with Crippen LogP contribution in [-0.4, -0.2) is 30.4 Å². The number of ether oxygens (including phenoxy) is 1. The van der Waals surface area contributed by atoms with Crippen LogP contribution in [-0.2, 0) is 22.7 Å². The Morgan fingerprint density at radius 2 is 1.61 bits per heavy atom. The van der Waals surface area contributed by atoms with Gasteiger partial charge in [0.15, 0.2) is 0 Å². The number of hydrogen-bond acceptors (Lipinski definition) is 3. The van der Waals surface area contributed by atoms with Gasteiger partial charge in [0.2, 0.25) is 0 Å². The van der Waals surface area contributed by atoms with Gasteiger partial charge in [0.05, 0.1) is 19.1 Å². The summed E-state index contributed by atoms with van der Waals surface area (Å²) in [6.45, 7) is 3.64. The third kappa shape index (κ3) is 4.75. The number of rotatable bonds is 6. The zero-order chi connectivity index (χ0) is 15.9. The summed E-state index contributed by atoms with van der Waals surface area (Å²) < 4.78 is 5.78. The van der Waals surface area contributed by atoms with Gasteiger partial charge < -0.3 is 4.74 Å². The van der Waals surface area contributed by atoms with Crippen LogP contribution in [0.15, 0.2) is 60.7 Å². The Kier molecular flexibility index (Phi) is 5.56. The predicted octanol–water partition coefficient (Wildman–Crippen LogP) is 3.29. The van der Waals surface area contributed by atoms with E-state index < -0.39 is 0 Å². The molecule has 2 aromatic carbocycles. The number of ketones is 1. The number of nitrogens with zero attached hydrogens (tertiary/aromatic N) is 1. The van der Waals surface area contributed by atoms with Crippen molar-refractivity contribution in [2.75, 3.05) is 19.7 Å². The quantitative estimate of drug-likeness (QED) is 0.820. The number of hydrogen-bond donors (Lipinski definition) is 0. The fourth-order valence-electron chi connectivity index (χ4n) is 3.00. The number of Topliss-reactive ketones (excluding diaryl/α,β-unsaturated/α-hetero) is 1. The van der Waals surface area contributed by atoms with Crippen molar-refractivity contribution < 1.29 is 9.53 Å². The molecule has 1 heterocycles. The van der Waals surface area contributed by atoms with E-state index in [1.807, 2.05) is 36.4 Å². The number of benzene rings is 2. The molecule has 0 radical (unpaired) electrons. The maximum absolute atomic E-state index is 12.1. The van der Waals surface area contributed by atoms with E-state index in [1.54, 1.807) is 0 Å². The minimum atomic E-state index is -0.00354. The Morgan fingerprint density at radius 1 is 0.957 bits per heavy atom. The highest BCUT2D eigenvalue weighted by Gasteiger charge is 2.27. The van der Waals surface area contributed by atoms with Crippen molar-refractivity contribution in [3.63, 3.8) is 0 Å². The molecule has 0 N–H and O–H groups in total. The number of carbonyl (C=O) groups is 1. The lowest BCUT2D eigenvalue weighted by molar-refractivity contribution is -0.129. The zero-order valence-corrected chi connectivity index (χ0v) is 13.4. The first-order valence-corrected chi connectivity index (χ1v) is 8.22. The highest BCUT2D eigenvalue weighted by molar-refractivity contribution is 5.82. The van der Waals surface area contributed by atoms with Crippen LogP contribution >= 0.6 is 0 Å². The van der Waals surface area contributed by atoms with E-state index in [4.69, 9.17) is 4.74 Å². The molecule has 0 spiro atoms. The summed E-state index contributed by atoms with van der Waals surface area (Å²) in [5.41, 5.74) is 2.45. The predicted molar refractivity (Wildman–Crippen MR) is 90.9 cm³/mol. The standard InChI is InChI=1S/C20H23NO2/c22-20-11-12-21(13-17-7-3-1-4-8-17)14-19(20)16-23-15-18-9-5-2-6-10-18/h1-10,19H,11-16H2. The monoisotopic (exact) mass is 309 g/mol. The first-order chi connectivity index (χ1) is 11.3. The van der Waals surface area contributed by atoms with Gasteiger partial charge in [-0.3, -0.25) is 9.69 Å². The van der Waals surface area contributed by atoms with Crippen molar-refractivity contribution in [2.24, 2.45) is 5.92 Å². The van der Waals surface area contributed by atoms with Gasteiger partial charge in [-0.25, -0.2) is 0 Å². The number of piperidine rings is 1. The fourth-order valence-corrected chi connectivity index (χ4v) is 3.00. The SMILES string of the molecule is O=C1CCN(Cc2ccccc2)CC1COCc1ccccc1. The minimum absolute atomic E-state index is 0.00354. The first-order valence-electron chi connectivity index (χ1n) is 8.22. The Morgan fingerprint density at radius 3 is 2.30 bits per heavy atom. The summed E-state index contributed by atoms with van der Waals surface area (Å²) in [4.78, 5) is 14.5. The van der Waals surface area contributed by atoms with E-state index in [9.17, 15) is 4.79 Å². The summed E-state index contributed by atoms with van der Waals surface area (Å²) >= 11 is 0. The van der Waals surface area contributed by atoms with Crippen molar-refractivity contribution in [3.8, 4) is 0 Å². The zero-order valence-electron chi connectivity index (χ0n) is 13.4. The van der Waals surface area contributed by atoms with Crippen molar-refractivity contribution in [2.45, 2.75) is 19.6 Å². The first kappa shape index (κ1) is 15.9. The van der Waals surface area contributed by atoms with Crippen molar-refractivity contribution in [3.05, 3.63) is 71.8 Å². The fraction of sp³-hybridized carbons (Fsp3) is 0.350. The van der Waals surface area contributed by atoms with Gasteiger partial charge in [0.25, 0.3) is 0 Å². The largest absolute Gasteiger partial charge is 0.376 e. The molecule has 0 saturated carbocycles. The van der Waals surface area contributed by atoms with E-state index >= 15 is 0 Å². The molecule has 3 nitrogen and oxygen atoms in total. The molecule has 0 aliphatic carbocycles. The van der Waals surface area contributed by atoms with Crippen molar-refractivity contribution >= 4 is 5.78 Å². The minimum Gasteiger partial charge on any atom is -0.376 e. The molecular formula is C20H23NO2. The molecule has 1 atom stereocenters. The Labute approximate surface area is 137 Å². The Balaban J connectivity index is 1.49. The Bertz CT molecular complexity index is 612. The van der Waals surface area contributed by atoms with E-state index in [1.165, 1.54) is 5.56 Å². The van der Waals surface area contributed by atoms with Gasteiger partial charge in [-0.2, -0.15) is 0 Å². The lowest BCUT2D eigenvalue weighted by Gasteiger charge is -2.31. The van der Waals surface area contributed by atoms with Crippen LogP contribution in [0.5, 0.6) is 0 Å². The van der Waals surface area contributed by atoms with Crippen LogP contribution in [0.3, 0.4) is 0 Å². The molecule has 0 aromatic heterocycles. The number of carbonyl (C=O) groups excluding carboxylic acids is 1. The second kappa shape index (κ2) is 8.04. The maximum Gasteiger partial charge on any atom is 0.140 e. The van der Waals surface area contributed by atoms with Crippen molar-refractivity contribution in [1.29, 1.82) is 0 Å². The van der Waals surface area contributed by atoms with E-state index in [0.29, 0.717) is 25.4 Å². The number of likely N-dealkylation sites (tertiary alicyclic amines) is 1. The smallest absolute Gasteiger partial charge is 0.140 e. The van der Waals surface area contributed by atoms with Crippen LogP contribution < -0.4 is 0 Å². The topological polar surface area (TPSA) is 29.5 Å². The molecule has 23 heavy (non-hydrogen) atoms. The molecule has 1 aliphatic heterocycles. The maximum atomic E-state index is 12.1. The van der Waals surface area contributed by atoms with Gasteiger partial charge in [-0.15, -0.1) is 0 Å². The van der Waals surface area contributed by atoms with Gasteiger partial charge in [-0.05, 0) is 11.1 Å². The summed E-state index contributed by atoms with van der Waals surface area (Å²) in [7, 11) is 0. The van der Waals surface area contributed by atoms with E-state index in [0.717, 1.165) is 25.2 Å². The molecule has 2 aromatic rings. The molecule has 1 fully saturated rings. The summed E-state index contributed by atoms with van der Waals surface area (Å²) in [5, 5.41) is 0. The molecule has 0 bridgehead atoms. The van der Waals surface area contributed by atoms with Crippen LogP contribution in [0.25, 0.3) is 0 Å². The molecule has 1 unspecified atom stereocenters. The molecule has 0 amide bonds. The average molecular weight is 309 g/mol. The lowest BCUT2D eigenvalue weighted by atomic mass is 9.97. The average Bonchev–Trinajstić information content (AvgIpc) is 2.59. The third-order valence-electron chi connectivity index (χ3n) is 4.29. The lowest BCUT2D eigenvalue weighted by Crippen LogP contribution is -2.42. The van der Waals surface area contributed by atoms with Crippen molar-refractivity contribution in [1.82, 2.24) is 4.90 Å². The molecule has 3 rings (SSSR count). The molecule has 120 valence electrons. The molecule has 3 heteroatoms. The third-order valence-corrected chi connectivity index (χ3v) is 4.29. The van der Waals surface area contributed by atoms with Gasteiger partial charge >= 0.3 is 0 Å². The van der Waals surface area contributed by atoms with E-state index in [2.05, 4.69) is 29.2 Å². The van der Waals surface area contributed by atoms with Crippen LogP contribution in [0.1, 0.15) is 17.5 Å². The molecule has 1 aliphatic rings. The normalized spacial score (nSPS) is 19.0. The van der Waals surface area contributed by atoms with Gasteiger partial charge in [0, 0.05) is 26.1 Å². The van der Waals surface area contributed by atoms with Crippen LogP contribution in [0, 0.1) is 5.92 Å². The van der Waals surface area contributed by atoms with E-state index in [-0.39, 0.29) is 5.92 Å². The van der Waals surface area contributed by atoms with Gasteiger partial charge in [-0.1, -0.05) is 60.7 Å². The summed E-state index contributed by atoms with van der Waals surface area (Å²) in [6, 6.07) is 20.5.